The smallest absolute Gasteiger partial charge is 0.392 e. The van der Waals surface area contributed by atoms with Crippen molar-refractivity contribution in [3.63, 3.8) is 0 Å². The molecule has 0 unspecified atom stereocenters. The fourth-order valence-corrected chi connectivity index (χ4v) is 1.18. The molecule has 0 fully saturated rings. The zero-order valence-corrected chi connectivity index (χ0v) is 7.11. The van der Waals surface area contributed by atoms with Gasteiger partial charge in [-0.2, -0.15) is 10.1 Å². The number of oxazole rings is 1. The molecule has 0 aromatic carbocycles. The second-order valence-electron chi connectivity index (χ2n) is 2.69. The third-order valence-electron chi connectivity index (χ3n) is 1.73. The first-order chi connectivity index (χ1) is 6.09. The van der Waals surface area contributed by atoms with Crippen molar-refractivity contribution in [1.29, 1.82) is 0 Å². The van der Waals surface area contributed by atoms with E-state index in [0.29, 0.717) is 16.9 Å². The predicted octanol–water partition coefficient (Wildman–Crippen LogP) is 0.568. The molecule has 0 atom stereocenters. The fourth-order valence-electron chi connectivity index (χ4n) is 1.18. The Kier molecular flexibility index (Phi) is 1.39. The van der Waals surface area contributed by atoms with Crippen LogP contribution >= 0.6 is 0 Å². The van der Waals surface area contributed by atoms with E-state index in [2.05, 4.69) is 10.1 Å². The first-order valence-electron chi connectivity index (χ1n) is 3.63. The largest absolute Gasteiger partial charge is 0.474 e. The summed E-state index contributed by atoms with van der Waals surface area (Å²) in [5, 5.41) is 12.6. The Morgan fingerprint density at radius 1 is 1.62 bits per heavy atom. The van der Waals surface area contributed by atoms with Crippen molar-refractivity contribution >= 4 is 17.2 Å². The maximum Gasteiger partial charge on any atom is 0.392 e. The minimum atomic E-state index is -1.17. The Morgan fingerprint density at radius 2 is 2.31 bits per heavy atom. The Hall–Kier alpha value is -1.85. The van der Waals surface area contributed by atoms with Gasteiger partial charge in [-0.05, 0) is 6.92 Å². The van der Waals surface area contributed by atoms with E-state index < -0.39 is 5.97 Å². The number of carboxylic acid groups (broad SMARTS) is 1. The first-order valence-corrected chi connectivity index (χ1v) is 3.63. The first kappa shape index (κ1) is 7.78. The van der Waals surface area contributed by atoms with Crippen LogP contribution in [0.4, 0.5) is 0 Å². The molecule has 0 spiro atoms. The Labute approximate surface area is 72.8 Å². The number of carboxylic acids is 1. The highest BCUT2D eigenvalue weighted by atomic mass is 16.4. The minimum absolute atomic E-state index is 0.300. The molecule has 0 aliphatic rings. The molecule has 1 N–H and O–H groups in total. The number of rotatable bonds is 1. The molecule has 2 aromatic rings. The number of carbonyl (C=O) groups is 1. The normalized spacial score (nSPS) is 10.9. The average Bonchev–Trinajstić information content (AvgIpc) is 2.55. The topological polar surface area (TPSA) is 81.2 Å². The SMILES string of the molecule is Cc1nn(C)c2oc(C(=O)O)nc12. The lowest BCUT2D eigenvalue weighted by Gasteiger charge is -1.86. The summed E-state index contributed by atoms with van der Waals surface area (Å²) in [4.78, 5) is 14.3. The highest BCUT2D eigenvalue weighted by molar-refractivity contribution is 5.86. The van der Waals surface area contributed by atoms with Crippen LogP contribution in [0.15, 0.2) is 4.42 Å². The van der Waals surface area contributed by atoms with Crippen LogP contribution in [-0.4, -0.2) is 25.8 Å². The molecule has 2 heterocycles. The highest BCUT2D eigenvalue weighted by Crippen LogP contribution is 2.17. The number of aryl methyl sites for hydroxylation is 2. The summed E-state index contributed by atoms with van der Waals surface area (Å²) in [5.74, 6) is -1.47. The van der Waals surface area contributed by atoms with Gasteiger partial charge in [-0.25, -0.2) is 9.48 Å². The summed E-state index contributed by atoms with van der Waals surface area (Å²) in [6.45, 7) is 1.75. The Bertz CT molecular complexity index is 448. The fraction of sp³-hybridized carbons (Fsp3) is 0.286. The molecule has 2 aromatic heterocycles. The second kappa shape index (κ2) is 2.32. The molecule has 0 amide bonds. The maximum atomic E-state index is 10.5. The number of fused-ring (bicyclic) bond motifs is 1. The lowest BCUT2D eigenvalue weighted by Crippen LogP contribution is -1.96. The van der Waals surface area contributed by atoms with E-state index in [0.717, 1.165) is 0 Å². The van der Waals surface area contributed by atoms with Crippen LogP contribution in [0.3, 0.4) is 0 Å². The van der Waals surface area contributed by atoms with Crippen LogP contribution in [-0.2, 0) is 7.05 Å². The van der Waals surface area contributed by atoms with Gasteiger partial charge in [0.1, 0.15) is 0 Å². The summed E-state index contributed by atoms with van der Waals surface area (Å²) >= 11 is 0. The molecule has 0 radical (unpaired) electrons. The van der Waals surface area contributed by atoms with Crippen molar-refractivity contribution in [2.45, 2.75) is 6.92 Å². The van der Waals surface area contributed by atoms with Crippen LogP contribution in [0.1, 0.15) is 16.4 Å². The van der Waals surface area contributed by atoms with Crippen LogP contribution in [0.5, 0.6) is 0 Å². The van der Waals surface area contributed by atoms with Gasteiger partial charge in [0.05, 0.1) is 5.69 Å². The van der Waals surface area contributed by atoms with Gasteiger partial charge in [-0.15, -0.1) is 0 Å². The quantitative estimate of drug-likeness (QED) is 0.695. The summed E-state index contributed by atoms with van der Waals surface area (Å²) in [6.07, 6.45) is 0. The van der Waals surface area contributed by atoms with E-state index >= 15 is 0 Å². The molecule has 68 valence electrons. The van der Waals surface area contributed by atoms with Crippen molar-refractivity contribution in [2.24, 2.45) is 7.05 Å². The van der Waals surface area contributed by atoms with Gasteiger partial charge in [0.25, 0.3) is 0 Å². The molecule has 6 nitrogen and oxygen atoms in total. The van der Waals surface area contributed by atoms with Gasteiger partial charge in [0.15, 0.2) is 5.52 Å². The second-order valence-corrected chi connectivity index (χ2v) is 2.69. The molecule has 0 aliphatic heterocycles. The van der Waals surface area contributed by atoms with Gasteiger partial charge >= 0.3 is 11.9 Å². The van der Waals surface area contributed by atoms with Gasteiger partial charge in [-0.3, -0.25) is 0 Å². The van der Waals surface area contributed by atoms with Crippen molar-refractivity contribution in [3.05, 3.63) is 11.6 Å². The number of aromatic nitrogens is 3. The van der Waals surface area contributed by atoms with Crippen molar-refractivity contribution in [2.75, 3.05) is 0 Å². The van der Waals surface area contributed by atoms with Gasteiger partial charge in [-0.1, -0.05) is 0 Å². The van der Waals surface area contributed by atoms with E-state index in [4.69, 9.17) is 9.52 Å². The van der Waals surface area contributed by atoms with Crippen molar-refractivity contribution in [1.82, 2.24) is 14.8 Å². The summed E-state index contributed by atoms with van der Waals surface area (Å²) in [5.41, 5.74) is 1.54. The van der Waals surface area contributed by atoms with E-state index in [9.17, 15) is 4.79 Å². The standard InChI is InChI=1S/C7H7N3O3/c1-3-4-6(10(2)9-3)13-5(8-4)7(11)12/h1-2H3,(H,11,12). The van der Waals surface area contributed by atoms with E-state index in [-0.39, 0.29) is 5.89 Å². The summed E-state index contributed by atoms with van der Waals surface area (Å²) in [6, 6.07) is 0. The number of hydrogen-bond donors (Lipinski definition) is 1. The molecule has 6 heteroatoms. The number of aromatic carboxylic acids is 1. The Balaban J connectivity index is 2.76. The zero-order valence-electron chi connectivity index (χ0n) is 7.11. The van der Waals surface area contributed by atoms with Crippen LogP contribution in [0, 0.1) is 6.92 Å². The van der Waals surface area contributed by atoms with Crippen LogP contribution in [0.2, 0.25) is 0 Å². The lowest BCUT2D eigenvalue weighted by atomic mass is 10.4. The number of nitrogens with zero attached hydrogens (tertiary/aromatic N) is 3. The van der Waals surface area contributed by atoms with Crippen molar-refractivity contribution in [3.8, 4) is 0 Å². The van der Waals surface area contributed by atoms with E-state index in [1.165, 1.54) is 4.68 Å². The molecule has 0 saturated heterocycles. The van der Waals surface area contributed by atoms with Gasteiger partial charge in [0, 0.05) is 7.05 Å². The third kappa shape index (κ3) is 0.986. The average molecular weight is 181 g/mol. The molecular formula is C7H7N3O3. The highest BCUT2D eigenvalue weighted by Gasteiger charge is 2.17. The minimum Gasteiger partial charge on any atom is -0.474 e. The van der Waals surface area contributed by atoms with Crippen LogP contribution in [0.25, 0.3) is 11.2 Å². The van der Waals surface area contributed by atoms with Crippen molar-refractivity contribution < 1.29 is 14.3 Å². The molecule has 2 rings (SSSR count). The molecular weight excluding hydrogens is 174 g/mol. The third-order valence-corrected chi connectivity index (χ3v) is 1.73. The molecule has 0 saturated carbocycles. The molecule has 13 heavy (non-hydrogen) atoms. The van der Waals surface area contributed by atoms with Gasteiger partial charge in [0.2, 0.25) is 5.71 Å². The number of hydrogen-bond acceptors (Lipinski definition) is 4. The van der Waals surface area contributed by atoms with Crippen LogP contribution < -0.4 is 0 Å². The predicted molar refractivity (Wildman–Crippen MR) is 42.5 cm³/mol. The molecule has 0 aliphatic carbocycles. The lowest BCUT2D eigenvalue weighted by molar-refractivity contribution is 0.0655. The van der Waals surface area contributed by atoms with E-state index in [1.807, 2.05) is 0 Å². The van der Waals surface area contributed by atoms with E-state index in [1.54, 1.807) is 14.0 Å². The van der Waals surface area contributed by atoms with Gasteiger partial charge < -0.3 is 9.52 Å². The maximum absolute atomic E-state index is 10.5. The summed E-state index contributed by atoms with van der Waals surface area (Å²) in [7, 11) is 1.67. The summed E-state index contributed by atoms with van der Waals surface area (Å²) < 4.78 is 6.43. The Morgan fingerprint density at radius 3 is 2.85 bits per heavy atom. The monoisotopic (exact) mass is 181 g/mol. The molecule has 0 bridgehead atoms. The zero-order chi connectivity index (χ0) is 9.59.